The average Bonchev–Trinajstić information content (AvgIpc) is 2.78. The van der Waals surface area contributed by atoms with Crippen LogP contribution in [-0.4, -0.2) is 44.2 Å². The van der Waals surface area contributed by atoms with Gasteiger partial charge in [-0.2, -0.15) is 4.31 Å². The van der Waals surface area contributed by atoms with Gasteiger partial charge in [-0.3, -0.25) is 9.59 Å². The Balaban J connectivity index is 1.43. The highest BCUT2D eigenvalue weighted by atomic mass is 32.2. The minimum atomic E-state index is -3.75. The fourth-order valence-electron chi connectivity index (χ4n) is 4.10. The Morgan fingerprint density at radius 2 is 1.97 bits per heavy atom. The molecule has 1 fully saturated rings. The van der Waals surface area contributed by atoms with Gasteiger partial charge in [-0.25, -0.2) is 8.42 Å². The van der Waals surface area contributed by atoms with Crippen LogP contribution in [0.1, 0.15) is 30.9 Å². The first-order valence-electron chi connectivity index (χ1n) is 10.7. The van der Waals surface area contributed by atoms with E-state index in [0.717, 1.165) is 17.7 Å². The summed E-state index contributed by atoms with van der Waals surface area (Å²) < 4.78 is 33.4. The molecule has 0 bridgehead atoms. The molecule has 0 spiro atoms. The number of ether oxygens (including phenoxy) is 1. The van der Waals surface area contributed by atoms with Gasteiger partial charge < -0.3 is 15.4 Å². The number of carbonyl (C=O) groups excluding carboxylic acids is 2. The van der Waals surface area contributed by atoms with Crippen LogP contribution in [0, 0.1) is 12.8 Å². The van der Waals surface area contributed by atoms with E-state index >= 15 is 0 Å². The molecule has 4 rings (SSSR count). The first-order valence-corrected chi connectivity index (χ1v) is 12.2. The van der Waals surface area contributed by atoms with Crippen molar-refractivity contribution in [3.8, 4) is 5.75 Å². The van der Waals surface area contributed by atoms with E-state index in [1.807, 2.05) is 24.3 Å². The molecule has 0 radical (unpaired) electrons. The lowest BCUT2D eigenvalue weighted by Gasteiger charge is -2.31. The maximum atomic E-state index is 13.3. The Hall–Kier alpha value is -2.91. The lowest BCUT2D eigenvalue weighted by atomic mass is 9.97. The van der Waals surface area contributed by atoms with Crippen LogP contribution in [-0.2, 0) is 26.0 Å². The van der Waals surface area contributed by atoms with E-state index in [2.05, 4.69) is 17.6 Å². The van der Waals surface area contributed by atoms with Crippen molar-refractivity contribution >= 4 is 33.2 Å². The molecule has 2 aromatic carbocycles. The molecule has 32 heavy (non-hydrogen) atoms. The van der Waals surface area contributed by atoms with Gasteiger partial charge in [-0.05, 0) is 55.5 Å². The Morgan fingerprint density at radius 1 is 1.22 bits per heavy atom. The fraction of sp³-hybridized carbons (Fsp3) is 0.391. The number of benzene rings is 2. The third-order valence-corrected chi connectivity index (χ3v) is 8.00. The third kappa shape index (κ3) is 4.49. The second-order valence-corrected chi connectivity index (χ2v) is 10.1. The second kappa shape index (κ2) is 8.91. The Bertz CT molecular complexity index is 1150. The van der Waals surface area contributed by atoms with Gasteiger partial charge in [0.25, 0.3) is 5.91 Å². The summed E-state index contributed by atoms with van der Waals surface area (Å²) in [5.74, 6) is -0.245. The van der Waals surface area contributed by atoms with E-state index < -0.39 is 10.0 Å². The van der Waals surface area contributed by atoms with Gasteiger partial charge in [0, 0.05) is 30.8 Å². The molecule has 1 saturated heterocycles. The number of sulfonamides is 1. The summed E-state index contributed by atoms with van der Waals surface area (Å²) in [5, 5.41) is 5.65. The molecule has 0 unspecified atom stereocenters. The van der Waals surface area contributed by atoms with Crippen LogP contribution in [0.25, 0.3) is 0 Å². The second-order valence-electron chi connectivity index (χ2n) is 8.17. The molecule has 0 aromatic heterocycles. The first kappa shape index (κ1) is 22.3. The molecular weight excluding hydrogens is 430 g/mol. The third-order valence-electron chi connectivity index (χ3n) is 5.96. The molecule has 0 aliphatic carbocycles. The van der Waals surface area contributed by atoms with Gasteiger partial charge in [0.2, 0.25) is 15.9 Å². The van der Waals surface area contributed by atoms with E-state index in [4.69, 9.17) is 4.74 Å². The Labute approximate surface area is 188 Å². The lowest BCUT2D eigenvalue weighted by Crippen LogP contribution is -2.41. The van der Waals surface area contributed by atoms with E-state index in [0.29, 0.717) is 29.8 Å². The van der Waals surface area contributed by atoms with Gasteiger partial charge in [0.1, 0.15) is 5.75 Å². The zero-order valence-electron chi connectivity index (χ0n) is 18.2. The van der Waals surface area contributed by atoms with Crippen molar-refractivity contribution in [1.29, 1.82) is 0 Å². The van der Waals surface area contributed by atoms with Crippen molar-refractivity contribution in [2.45, 2.75) is 38.0 Å². The van der Waals surface area contributed by atoms with Crippen LogP contribution in [0.4, 0.5) is 11.4 Å². The maximum absolute atomic E-state index is 13.3. The van der Waals surface area contributed by atoms with Gasteiger partial charge in [0.15, 0.2) is 6.61 Å². The van der Waals surface area contributed by atoms with Crippen LogP contribution in [0.15, 0.2) is 41.3 Å². The average molecular weight is 458 g/mol. The molecule has 2 aliphatic rings. The highest BCUT2D eigenvalue weighted by Crippen LogP contribution is 2.35. The molecule has 2 aromatic rings. The first-order chi connectivity index (χ1) is 15.3. The van der Waals surface area contributed by atoms with Gasteiger partial charge >= 0.3 is 0 Å². The number of carbonyl (C=O) groups is 2. The lowest BCUT2D eigenvalue weighted by molar-refractivity contribution is -0.121. The summed E-state index contributed by atoms with van der Waals surface area (Å²) >= 11 is 0. The molecule has 0 saturated carbocycles. The quantitative estimate of drug-likeness (QED) is 0.718. The van der Waals surface area contributed by atoms with E-state index in [-0.39, 0.29) is 42.3 Å². The van der Waals surface area contributed by atoms with Crippen molar-refractivity contribution in [2.24, 2.45) is 5.92 Å². The zero-order chi connectivity index (χ0) is 22.9. The molecule has 8 nitrogen and oxygen atoms in total. The Kier molecular flexibility index (Phi) is 6.21. The molecule has 0 atom stereocenters. The van der Waals surface area contributed by atoms with Crippen LogP contribution in [0.3, 0.4) is 0 Å². The summed E-state index contributed by atoms with van der Waals surface area (Å²) in [6.45, 7) is 4.15. The number of hydrogen-bond acceptors (Lipinski definition) is 5. The summed E-state index contributed by atoms with van der Waals surface area (Å²) in [6.07, 6.45) is 1.80. The number of hydrogen-bond donors (Lipinski definition) is 2. The zero-order valence-corrected chi connectivity index (χ0v) is 19.0. The standard InChI is InChI=1S/C23H27N3O5S/c1-3-16-5-4-6-18(12-16)24-23(28)17-7-9-26(10-8-17)32(29,30)21-13-20-19(11-15(21)2)25-22(27)14-31-20/h4-6,11-13,17H,3,7-10,14H2,1-2H3,(H,24,28)(H,25,27). The molecule has 2 amide bonds. The minimum absolute atomic E-state index is 0.0793. The molecule has 2 N–H and O–H groups in total. The smallest absolute Gasteiger partial charge is 0.262 e. The highest BCUT2D eigenvalue weighted by Gasteiger charge is 2.34. The normalized spacial score (nSPS) is 17.2. The van der Waals surface area contributed by atoms with E-state index in [1.54, 1.807) is 13.0 Å². The SMILES string of the molecule is CCc1cccc(NC(=O)C2CCN(S(=O)(=O)c3cc4c(cc3C)NC(=O)CO4)CC2)c1. The largest absolute Gasteiger partial charge is 0.482 e. The molecule has 2 aliphatic heterocycles. The van der Waals surface area contributed by atoms with E-state index in [1.165, 1.54) is 10.4 Å². The van der Waals surface area contributed by atoms with Crippen LogP contribution in [0.2, 0.25) is 0 Å². The highest BCUT2D eigenvalue weighted by molar-refractivity contribution is 7.89. The number of piperidine rings is 1. The summed E-state index contributed by atoms with van der Waals surface area (Å²) in [4.78, 5) is 24.4. The van der Waals surface area contributed by atoms with E-state index in [9.17, 15) is 18.0 Å². The Morgan fingerprint density at radius 3 is 2.69 bits per heavy atom. The van der Waals surface area contributed by atoms with Gasteiger partial charge in [0.05, 0.1) is 10.6 Å². The molecular formula is C23H27N3O5S. The van der Waals surface area contributed by atoms with Crippen molar-refractivity contribution in [1.82, 2.24) is 4.31 Å². The molecule has 9 heteroatoms. The monoisotopic (exact) mass is 457 g/mol. The number of anilines is 2. The van der Waals surface area contributed by atoms with Crippen molar-refractivity contribution in [3.05, 3.63) is 47.5 Å². The van der Waals surface area contributed by atoms with Crippen LogP contribution in [0.5, 0.6) is 5.75 Å². The number of nitrogens with one attached hydrogen (secondary N) is 2. The van der Waals surface area contributed by atoms with Crippen LogP contribution >= 0.6 is 0 Å². The number of aryl methyl sites for hydroxylation is 2. The van der Waals surface area contributed by atoms with Crippen molar-refractivity contribution in [3.63, 3.8) is 0 Å². The molecule has 2 heterocycles. The molecule has 170 valence electrons. The van der Waals surface area contributed by atoms with Crippen molar-refractivity contribution < 1.29 is 22.7 Å². The minimum Gasteiger partial charge on any atom is -0.482 e. The number of rotatable bonds is 5. The maximum Gasteiger partial charge on any atom is 0.262 e. The summed E-state index contributed by atoms with van der Waals surface area (Å²) in [5.41, 5.74) is 2.92. The summed E-state index contributed by atoms with van der Waals surface area (Å²) in [6, 6.07) is 10.8. The predicted molar refractivity (Wildman–Crippen MR) is 121 cm³/mol. The number of nitrogens with zero attached hydrogens (tertiary/aromatic N) is 1. The fourth-order valence-corrected chi connectivity index (χ4v) is 5.80. The summed E-state index contributed by atoms with van der Waals surface area (Å²) in [7, 11) is -3.75. The van der Waals surface area contributed by atoms with Crippen LogP contribution < -0.4 is 15.4 Å². The van der Waals surface area contributed by atoms with Gasteiger partial charge in [-0.15, -0.1) is 0 Å². The number of fused-ring (bicyclic) bond motifs is 1. The van der Waals surface area contributed by atoms with Crippen molar-refractivity contribution in [2.75, 3.05) is 30.3 Å². The van der Waals surface area contributed by atoms with Gasteiger partial charge in [-0.1, -0.05) is 19.1 Å². The predicted octanol–water partition coefficient (Wildman–Crippen LogP) is 2.93. The number of amides is 2. The topological polar surface area (TPSA) is 105 Å².